The number of hydrazine groups is 1. The summed E-state index contributed by atoms with van der Waals surface area (Å²) in [4.78, 5) is 0. The summed E-state index contributed by atoms with van der Waals surface area (Å²) in [5, 5.41) is 0. The van der Waals surface area contributed by atoms with Gasteiger partial charge < -0.3 is 4.74 Å². The van der Waals surface area contributed by atoms with Gasteiger partial charge in [0.15, 0.2) is 0 Å². The van der Waals surface area contributed by atoms with Crippen molar-refractivity contribution in [3.05, 3.63) is 0 Å². The summed E-state index contributed by atoms with van der Waals surface area (Å²) in [6, 6.07) is 0.479. The highest BCUT2D eigenvalue weighted by Crippen LogP contribution is 2.06. The van der Waals surface area contributed by atoms with Crippen LogP contribution in [0.2, 0.25) is 0 Å². The largest absolute Gasteiger partial charge is 0.381 e. The van der Waals surface area contributed by atoms with E-state index in [-0.39, 0.29) is 0 Å². The third-order valence-corrected chi connectivity index (χ3v) is 1.69. The molecule has 9 heavy (non-hydrogen) atoms. The molecule has 0 saturated carbocycles. The Morgan fingerprint density at radius 2 is 2.22 bits per heavy atom. The zero-order valence-electron chi connectivity index (χ0n) is 5.60. The second kappa shape index (κ2) is 3.82. The van der Waals surface area contributed by atoms with Crippen molar-refractivity contribution in [2.75, 3.05) is 13.2 Å². The van der Waals surface area contributed by atoms with Crippen molar-refractivity contribution in [1.82, 2.24) is 5.43 Å². The molecule has 0 radical (unpaired) electrons. The molecule has 0 aromatic carbocycles. The molecule has 0 aromatic rings. The number of hydrogen-bond acceptors (Lipinski definition) is 3. The summed E-state index contributed by atoms with van der Waals surface area (Å²) in [5.74, 6) is 5.27. The molecular formula is C6H14N2O. The molecule has 0 spiro atoms. The maximum Gasteiger partial charge on any atom is 0.0481 e. The zero-order valence-corrected chi connectivity index (χ0v) is 5.60. The molecule has 1 aliphatic heterocycles. The molecule has 1 rings (SSSR count). The molecule has 1 fully saturated rings. The number of nitrogens with two attached hydrogens (primary N) is 1. The summed E-state index contributed by atoms with van der Waals surface area (Å²) >= 11 is 0. The minimum atomic E-state index is 0.479. The fourth-order valence-electron chi connectivity index (χ4n) is 1.07. The highest BCUT2D eigenvalue weighted by molar-refractivity contribution is 4.65. The van der Waals surface area contributed by atoms with Crippen LogP contribution in [0.5, 0.6) is 0 Å². The van der Waals surface area contributed by atoms with Crippen LogP contribution < -0.4 is 11.3 Å². The average molecular weight is 130 g/mol. The first-order valence-electron chi connectivity index (χ1n) is 3.47. The van der Waals surface area contributed by atoms with E-state index in [0.717, 1.165) is 32.5 Å². The average Bonchev–Trinajstić information content (AvgIpc) is 2.13. The van der Waals surface area contributed by atoms with Gasteiger partial charge in [0.1, 0.15) is 0 Å². The van der Waals surface area contributed by atoms with E-state index in [4.69, 9.17) is 10.6 Å². The second-order valence-corrected chi connectivity index (χ2v) is 2.41. The first kappa shape index (κ1) is 6.99. The van der Waals surface area contributed by atoms with Crippen LogP contribution in [0.25, 0.3) is 0 Å². The van der Waals surface area contributed by atoms with Gasteiger partial charge in [-0.15, -0.1) is 0 Å². The van der Waals surface area contributed by atoms with Crippen LogP contribution in [-0.4, -0.2) is 19.3 Å². The van der Waals surface area contributed by atoms with Crippen LogP contribution in [-0.2, 0) is 4.74 Å². The minimum Gasteiger partial charge on any atom is -0.381 e. The van der Waals surface area contributed by atoms with E-state index in [2.05, 4.69) is 5.43 Å². The van der Waals surface area contributed by atoms with Gasteiger partial charge in [-0.2, -0.15) is 0 Å². The summed E-state index contributed by atoms with van der Waals surface area (Å²) in [7, 11) is 0. The van der Waals surface area contributed by atoms with Gasteiger partial charge >= 0.3 is 0 Å². The Kier molecular flexibility index (Phi) is 2.97. The Morgan fingerprint density at radius 3 is 3.00 bits per heavy atom. The topological polar surface area (TPSA) is 47.3 Å². The molecule has 1 saturated heterocycles. The lowest BCUT2D eigenvalue weighted by atomic mass is 10.1. The maximum atomic E-state index is 5.27. The summed E-state index contributed by atoms with van der Waals surface area (Å²) in [5.41, 5.74) is 2.76. The Balaban J connectivity index is 2.18. The maximum absolute atomic E-state index is 5.27. The smallest absolute Gasteiger partial charge is 0.0481 e. The number of hydrogen-bond donors (Lipinski definition) is 2. The van der Waals surface area contributed by atoms with E-state index in [0.29, 0.717) is 6.04 Å². The lowest BCUT2D eigenvalue weighted by Crippen LogP contribution is -2.34. The molecule has 1 heterocycles. The van der Waals surface area contributed by atoms with Crippen LogP contribution in [0, 0.1) is 0 Å². The summed E-state index contributed by atoms with van der Waals surface area (Å²) in [6.45, 7) is 1.76. The van der Waals surface area contributed by atoms with Crippen molar-refractivity contribution in [1.29, 1.82) is 0 Å². The van der Waals surface area contributed by atoms with Crippen LogP contribution in [0.15, 0.2) is 0 Å². The molecule has 54 valence electrons. The van der Waals surface area contributed by atoms with Crippen LogP contribution in [0.4, 0.5) is 0 Å². The lowest BCUT2D eigenvalue weighted by Gasteiger charge is -2.09. The minimum absolute atomic E-state index is 0.479. The van der Waals surface area contributed by atoms with Crippen molar-refractivity contribution in [2.24, 2.45) is 5.84 Å². The van der Waals surface area contributed by atoms with E-state index in [9.17, 15) is 0 Å². The molecule has 1 aliphatic rings. The second-order valence-electron chi connectivity index (χ2n) is 2.41. The van der Waals surface area contributed by atoms with Gasteiger partial charge in [0.2, 0.25) is 0 Å². The normalized spacial score (nSPS) is 29.7. The quantitative estimate of drug-likeness (QED) is 0.388. The molecule has 1 atom stereocenters. The van der Waals surface area contributed by atoms with Gasteiger partial charge in [-0.3, -0.25) is 11.3 Å². The van der Waals surface area contributed by atoms with Crippen molar-refractivity contribution in [3.63, 3.8) is 0 Å². The van der Waals surface area contributed by atoms with E-state index >= 15 is 0 Å². The molecule has 3 N–H and O–H groups in total. The molecule has 0 aliphatic carbocycles. The van der Waals surface area contributed by atoms with Crippen LogP contribution in [0.3, 0.4) is 0 Å². The van der Waals surface area contributed by atoms with Crippen molar-refractivity contribution < 1.29 is 4.74 Å². The van der Waals surface area contributed by atoms with E-state index in [1.807, 2.05) is 0 Å². The molecule has 0 bridgehead atoms. The first-order chi connectivity index (χ1) is 4.43. The Bertz CT molecular complexity index is 69.5. The standard InChI is InChI=1S/C6H14N2O/c7-8-6-2-1-4-9-5-3-6/h6,8H,1-5,7H2/t6-/m1/s1. The van der Waals surface area contributed by atoms with Crippen LogP contribution in [0.1, 0.15) is 19.3 Å². The molecule has 0 amide bonds. The predicted molar refractivity (Wildman–Crippen MR) is 35.8 cm³/mol. The molecule has 0 aromatic heterocycles. The fourth-order valence-corrected chi connectivity index (χ4v) is 1.07. The van der Waals surface area contributed by atoms with Gasteiger partial charge in [-0.25, -0.2) is 0 Å². The van der Waals surface area contributed by atoms with Gasteiger partial charge in [0.25, 0.3) is 0 Å². The van der Waals surface area contributed by atoms with Crippen molar-refractivity contribution >= 4 is 0 Å². The Hall–Kier alpha value is -0.120. The van der Waals surface area contributed by atoms with Gasteiger partial charge in [0, 0.05) is 19.3 Å². The number of nitrogens with one attached hydrogen (secondary N) is 1. The number of rotatable bonds is 1. The molecule has 3 nitrogen and oxygen atoms in total. The number of ether oxygens (including phenoxy) is 1. The first-order valence-corrected chi connectivity index (χ1v) is 3.47. The lowest BCUT2D eigenvalue weighted by molar-refractivity contribution is 0.142. The van der Waals surface area contributed by atoms with Gasteiger partial charge in [0.05, 0.1) is 0 Å². The molecule has 0 unspecified atom stereocenters. The highest BCUT2D eigenvalue weighted by atomic mass is 16.5. The summed E-state index contributed by atoms with van der Waals surface area (Å²) in [6.07, 6.45) is 3.34. The monoisotopic (exact) mass is 130 g/mol. The van der Waals surface area contributed by atoms with E-state index in [1.165, 1.54) is 0 Å². The van der Waals surface area contributed by atoms with Crippen LogP contribution >= 0.6 is 0 Å². The highest BCUT2D eigenvalue weighted by Gasteiger charge is 2.08. The SMILES string of the molecule is NN[C@@H]1CCCOCC1. The predicted octanol–water partition coefficient (Wildman–Crippen LogP) is 0.0188. The van der Waals surface area contributed by atoms with Crippen molar-refractivity contribution in [2.45, 2.75) is 25.3 Å². The van der Waals surface area contributed by atoms with E-state index in [1.54, 1.807) is 0 Å². The molecular weight excluding hydrogens is 116 g/mol. The zero-order chi connectivity index (χ0) is 6.53. The summed E-state index contributed by atoms with van der Waals surface area (Å²) < 4.78 is 5.23. The fraction of sp³-hybridized carbons (Fsp3) is 1.00. The third kappa shape index (κ3) is 2.30. The van der Waals surface area contributed by atoms with E-state index < -0.39 is 0 Å². The molecule has 3 heteroatoms. The van der Waals surface area contributed by atoms with Gasteiger partial charge in [-0.1, -0.05) is 0 Å². The third-order valence-electron chi connectivity index (χ3n) is 1.69. The Morgan fingerprint density at radius 1 is 1.33 bits per heavy atom. The van der Waals surface area contributed by atoms with Crippen molar-refractivity contribution in [3.8, 4) is 0 Å². The van der Waals surface area contributed by atoms with Gasteiger partial charge in [-0.05, 0) is 19.3 Å². The Labute approximate surface area is 55.5 Å².